The van der Waals surface area contributed by atoms with Crippen molar-refractivity contribution < 1.29 is 0 Å². The minimum atomic E-state index is 0.578. The Balaban J connectivity index is 2.53. The molecule has 16 heavy (non-hydrogen) atoms. The summed E-state index contributed by atoms with van der Waals surface area (Å²) in [5, 5.41) is 11.8. The maximum Gasteiger partial charge on any atom is 0.0640 e. The second-order valence-electron chi connectivity index (χ2n) is 3.69. The first kappa shape index (κ1) is 12.5. The Morgan fingerprint density at radius 1 is 1.25 bits per heavy atom. The van der Waals surface area contributed by atoms with Crippen molar-refractivity contribution in [2.45, 2.75) is 12.8 Å². The van der Waals surface area contributed by atoms with Gasteiger partial charge >= 0.3 is 0 Å². The van der Waals surface area contributed by atoms with Crippen molar-refractivity contribution in [3.63, 3.8) is 0 Å². The Hall–Kier alpha value is -1.53. The fraction of sp³-hybridized carbons (Fsp3) is 0.462. The third kappa shape index (κ3) is 4.33. The van der Waals surface area contributed by atoms with E-state index in [4.69, 9.17) is 5.26 Å². The molecule has 0 aliphatic heterocycles. The number of nitrogens with zero attached hydrogens (tertiary/aromatic N) is 2. The number of anilines is 1. The zero-order valence-corrected chi connectivity index (χ0v) is 9.82. The van der Waals surface area contributed by atoms with Crippen molar-refractivity contribution in [3.8, 4) is 6.07 Å². The molecule has 1 aromatic carbocycles. The Labute approximate surface area is 97.7 Å². The van der Waals surface area contributed by atoms with Crippen molar-refractivity contribution in [1.82, 2.24) is 5.32 Å². The smallest absolute Gasteiger partial charge is 0.0640 e. The molecule has 1 rings (SSSR count). The number of para-hydroxylation sites is 1. The Morgan fingerprint density at radius 2 is 2.00 bits per heavy atom. The van der Waals surface area contributed by atoms with Crippen molar-refractivity contribution in [2.75, 3.05) is 31.6 Å². The number of hydrogen-bond acceptors (Lipinski definition) is 3. The third-order valence-corrected chi connectivity index (χ3v) is 2.47. The van der Waals surface area contributed by atoms with Crippen LogP contribution in [0.5, 0.6) is 0 Å². The molecule has 0 aliphatic carbocycles. The first-order valence-corrected chi connectivity index (χ1v) is 5.70. The molecule has 3 heteroatoms. The largest absolute Gasteiger partial charge is 0.370 e. The molecule has 0 aromatic heterocycles. The molecule has 3 nitrogen and oxygen atoms in total. The molecule has 0 fully saturated rings. The topological polar surface area (TPSA) is 39.1 Å². The minimum Gasteiger partial charge on any atom is -0.370 e. The monoisotopic (exact) mass is 217 g/mol. The molecule has 0 saturated carbocycles. The summed E-state index contributed by atoms with van der Waals surface area (Å²) >= 11 is 0. The van der Waals surface area contributed by atoms with Crippen LogP contribution in [0, 0.1) is 11.3 Å². The van der Waals surface area contributed by atoms with Crippen LogP contribution in [0.2, 0.25) is 0 Å². The van der Waals surface area contributed by atoms with Crippen LogP contribution < -0.4 is 10.2 Å². The Kier molecular flexibility index (Phi) is 6.05. The van der Waals surface area contributed by atoms with Crippen LogP contribution in [-0.4, -0.2) is 26.7 Å². The summed E-state index contributed by atoms with van der Waals surface area (Å²) in [6.07, 6.45) is 1.67. The van der Waals surface area contributed by atoms with Crippen LogP contribution in [0.15, 0.2) is 30.3 Å². The fourth-order valence-electron chi connectivity index (χ4n) is 1.64. The van der Waals surface area contributed by atoms with Gasteiger partial charge in [0.25, 0.3) is 0 Å². The third-order valence-electron chi connectivity index (χ3n) is 2.47. The highest BCUT2D eigenvalue weighted by atomic mass is 15.1. The standard InChI is InChI=1S/C13H19N3/c1-15-10-6-12-16(11-5-9-14)13-7-3-2-4-8-13/h2-4,7-8,15H,5-6,10-12H2,1H3. The molecule has 0 unspecified atom stereocenters. The molecular formula is C13H19N3. The van der Waals surface area contributed by atoms with E-state index in [1.165, 1.54) is 5.69 Å². The summed E-state index contributed by atoms with van der Waals surface area (Å²) in [4.78, 5) is 2.26. The van der Waals surface area contributed by atoms with Gasteiger partial charge in [-0.05, 0) is 32.1 Å². The van der Waals surface area contributed by atoms with E-state index in [2.05, 4.69) is 28.4 Å². The number of benzene rings is 1. The Morgan fingerprint density at radius 3 is 2.62 bits per heavy atom. The molecule has 86 valence electrons. The van der Waals surface area contributed by atoms with Crippen LogP contribution in [0.25, 0.3) is 0 Å². The van der Waals surface area contributed by atoms with Crippen LogP contribution in [0.3, 0.4) is 0 Å². The SMILES string of the molecule is CNCCCN(CCC#N)c1ccccc1. The summed E-state index contributed by atoms with van der Waals surface area (Å²) in [5.41, 5.74) is 1.20. The minimum absolute atomic E-state index is 0.578. The van der Waals surface area contributed by atoms with Crippen molar-refractivity contribution in [1.29, 1.82) is 5.26 Å². The zero-order chi connectivity index (χ0) is 11.6. The van der Waals surface area contributed by atoms with Gasteiger partial charge in [0.1, 0.15) is 0 Å². The predicted octanol–water partition coefficient (Wildman–Crippen LogP) is 2.02. The van der Waals surface area contributed by atoms with Gasteiger partial charge in [0.2, 0.25) is 0 Å². The lowest BCUT2D eigenvalue weighted by Gasteiger charge is -2.23. The lowest BCUT2D eigenvalue weighted by atomic mass is 10.2. The summed E-state index contributed by atoms with van der Waals surface area (Å²) in [7, 11) is 1.96. The number of hydrogen-bond donors (Lipinski definition) is 1. The summed E-state index contributed by atoms with van der Waals surface area (Å²) < 4.78 is 0. The summed E-state index contributed by atoms with van der Waals surface area (Å²) in [6, 6.07) is 12.5. The molecular weight excluding hydrogens is 198 g/mol. The van der Waals surface area contributed by atoms with Gasteiger partial charge in [-0.1, -0.05) is 18.2 Å². The van der Waals surface area contributed by atoms with Crippen molar-refractivity contribution in [2.24, 2.45) is 0 Å². The molecule has 0 heterocycles. The van der Waals surface area contributed by atoms with Crippen LogP contribution in [-0.2, 0) is 0 Å². The van der Waals surface area contributed by atoms with E-state index in [0.29, 0.717) is 6.42 Å². The average molecular weight is 217 g/mol. The lowest BCUT2D eigenvalue weighted by Crippen LogP contribution is -2.27. The first-order chi connectivity index (χ1) is 7.88. The van der Waals surface area contributed by atoms with Gasteiger partial charge in [-0.2, -0.15) is 5.26 Å². The number of rotatable bonds is 7. The lowest BCUT2D eigenvalue weighted by molar-refractivity contribution is 0.685. The summed E-state index contributed by atoms with van der Waals surface area (Å²) in [6.45, 7) is 2.81. The van der Waals surface area contributed by atoms with Crippen molar-refractivity contribution >= 4 is 5.69 Å². The normalized spacial score (nSPS) is 9.75. The van der Waals surface area contributed by atoms with Crippen LogP contribution >= 0.6 is 0 Å². The maximum atomic E-state index is 8.64. The fourth-order valence-corrected chi connectivity index (χ4v) is 1.64. The van der Waals surface area contributed by atoms with Gasteiger partial charge in [0, 0.05) is 18.8 Å². The van der Waals surface area contributed by atoms with E-state index in [9.17, 15) is 0 Å². The van der Waals surface area contributed by atoms with Crippen LogP contribution in [0.4, 0.5) is 5.69 Å². The molecule has 0 atom stereocenters. The van der Waals surface area contributed by atoms with Gasteiger partial charge in [0.15, 0.2) is 0 Å². The van der Waals surface area contributed by atoms with E-state index in [1.807, 2.05) is 25.2 Å². The number of nitriles is 1. The average Bonchev–Trinajstić information content (AvgIpc) is 2.35. The zero-order valence-electron chi connectivity index (χ0n) is 9.82. The van der Waals surface area contributed by atoms with E-state index >= 15 is 0 Å². The highest BCUT2D eigenvalue weighted by molar-refractivity contribution is 5.45. The highest BCUT2D eigenvalue weighted by Gasteiger charge is 2.04. The molecule has 1 aromatic rings. The van der Waals surface area contributed by atoms with E-state index in [1.54, 1.807) is 0 Å². The molecule has 0 spiro atoms. The molecule has 0 saturated heterocycles. The molecule has 0 radical (unpaired) electrons. The van der Waals surface area contributed by atoms with Gasteiger partial charge in [0.05, 0.1) is 12.5 Å². The predicted molar refractivity (Wildman–Crippen MR) is 67.4 cm³/mol. The molecule has 0 aliphatic rings. The second kappa shape index (κ2) is 7.72. The maximum absolute atomic E-state index is 8.64. The first-order valence-electron chi connectivity index (χ1n) is 5.70. The Bertz CT molecular complexity index is 316. The molecule has 1 N–H and O–H groups in total. The number of nitrogens with one attached hydrogen (secondary N) is 1. The van der Waals surface area contributed by atoms with Gasteiger partial charge in [-0.25, -0.2) is 0 Å². The van der Waals surface area contributed by atoms with Crippen LogP contribution in [0.1, 0.15) is 12.8 Å². The second-order valence-corrected chi connectivity index (χ2v) is 3.69. The van der Waals surface area contributed by atoms with Gasteiger partial charge < -0.3 is 10.2 Å². The molecule has 0 bridgehead atoms. The highest BCUT2D eigenvalue weighted by Crippen LogP contribution is 2.13. The quantitative estimate of drug-likeness (QED) is 0.710. The summed E-state index contributed by atoms with van der Waals surface area (Å²) in [5.74, 6) is 0. The van der Waals surface area contributed by atoms with E-state index in [-0.39, 0.29) is 0 Å². The van der Waals surface area contributed by atoms with Gasteiger partial charge in [-0.3, -0.25) is 0 Å². The molecule has 0 amide bonds. The van der Waals surface area contributed by atoms with Gasteiger partial charge in [-0.15, -0.1) is 0 Å². The van der Waals surface area contributed by atoms with E-state index < -0.39 is 0 Å². The van der Waals surface area contributed by atoms with E-state index in [0.717, 1.165) is 26.1 Å². The van der Waals surface area contributed by atoms with Crippen molar-refractivity contribution in [3.05, 3.63) is 30.3 Å².